The number of benzene rings is 7. The van der Waals surface area contributed by atoms with E-state index in [0.717, 1.165) is 39.9 Å². The SMILES string of the molecule is C1=Cc2c(-c3ccccc3)ccc(-c3cc(-c4ccccc4)nc(-c4ccc(-c5ccc6sc7ccccc7c6c5)c5ccccc45)n3)c2C=CC1. The fraction of sp³-hybridized carbons (Fsp3) is 0.0204. The van der Waals surface area contributed by atoms with Gasteiger partial charge in [-0.05, 0) is 80.9 Å². The van der Waals surface area contributed by atoms with E-state index in [0.29, 0.717) is 5.82 Å². The second-order valence-electron chi connectivity index (χ2n) is 13.2. The Balaban J connectivity index is 1.17. The van der Waals surface area contributed by atoms with Crippen LogP contribution in [0.25, 0.3) is 99.3 Å². The maximum absolute atomic E-state index is 5.39. The first-order valence-electron chi connectivity index (χ1n) is 17.7. The van der Waals surface area contributed by atoms with Crippen LogP contribution in [0.3, 0.4) is 0 Å². The minimum Gasteiger partial charge on any atom is -0.228 e. The van der Waals surface area contributed by atoms with Crippen molar-refractivity contribution in [3.8, 4) is 56.2 Å². The number of thiophene rings is 1. The van der Waals surface area contributed by atoms with Gasteiger partial charge < -0.3 is 0 Å². The van der Waals surface area contributed by atoms with Gasteiger partial charge in [-0.1, -0.05) is 152 Å². The van der Waals surface area contributed by atoms with E-state index in [9.17, 15) is 0 Å². The molecule has 2 nitrogen and oxygen atoms in total. The Morgan fingerprint density at radius 1 is 0.385 bits per heavy atom. The van der Waals surface area contributed by atoms with Crippen molar-refractivity contribution >= 4 is 54.4 Å². The van der Waals surface area contributed by atoms with E-state index in [1.807, 2.05) is 17.4 Å². The summed E-state index contributed by atoms with van der Waals surface area (Å²) in [7, 11) is 0. The quantitative estimate of drug-likeness (QED) is 0.181. The third-order valence-corrected chi connectivity index (χ3v) is 11.3. The lowest BCUT2D eigenvalue weighted by molar-refractivity contribution is 1.19. The van der Waals surface area contributed by atoms with E-state index in [1.54, 1.807) is 0 Å². The van der Waals surface area contributed by atoms with Gasteiger partial charge in [-0.15, -0.1) is 11.3 Å². The molecule has 1 aliphatic carbocycles. The van der Waals surface area contributed by atoms with Gasteiger partial charge in [0.05, 0.1) is 11.4 Å². The Labute approximate surface area is 306 Å². The Bertz CT molecular complexity index is 2860. The van der Waals surface area contributed by atoms with Crippen LogP contribution in [0.5, 0.6) is 0 Å². The van der Waals surface area contributed by atoms with E-state index in [2.05, 4.69) is 176 Å². The zero-order chi connectivity index (χ0) is 34.4. The Kier molecular flexibility index (Phi) is 7.44. The van der Waals surface area contributed by atoms with Gasteiger partial charge >= 0.3 is 0 Å². The van der Waals surface area contributed by atoms with Gasteiger partial charge in [0, 0.05) is 36.9 Å². The van der Waals surface area contributed by atoms with Gasteiger partial charge in [0.25, 0.3) is 0 Å². The fourth-order valence-corrected chi connectivity index (χ4v) is 8.73. The van der Waals surface area contributed by atoms with Crippen LogP contribution < -0.4 is 0 Å². The molecule has 9 aromatic rings. The fourth-order valence-electron chi connectivity index (χ4n) is 7.64. The first-order valence-corrected chi connectivity index (χ1v) is 18.5. The predicted molar refractivity (Wildman–Crippen MR) is 222 cm³/mol. The molecular weight excluding hydrogens is 649 g/mol. The number of hydrogen-bond donors (Lipinski definition) is 0. The Morgan fingerprint density at radius 3 is 1.75 bits per heavy atom. The molecule has 0 atom stereocenters. The van der Waals surface area contributed by atoms with Crippen molar-refractivity contribution in [2.45, 2.75) is 6.42 Å². The van der Waals surface area contributed by atoms with E-state index in [4.69, 9.17) is 9.97 Å². The average molecular weight is 681 g/mol. The van der Waals surface area contributed by atoms with E-state index >= 15 is 0 Å². The molecule has 2 heterocycles. The highest BCUT2D eigenvalue weighted by Gasteiger charge is 2.19. The van der Waals surface area contributed by atoms with Gasteiger partial charge in [0.2, 0.25) is 0 Å². The minimum atomic E-state index is 0.715. The molecule has 0 bridgehead atoms. The van der Waals surface area contributed by atoms with Crippen molar-refractivity contribution < 1.29 is 0 Å². The van der Waals surface area contributed by atoms with Gasteiger partial charge in [-0.25, -0.2) is 9.97 Å². The van der Waals surface area contributed by atoms with Gasteiger partial charge in [-0.3, -0.25) is 0 Å². The molecule has 10 rings (SSSR count). The maximum atomic E-state index is 5.39. The molecule has 0 fully saturated rings. The summed E-state index contributed by atoms with van der Waals surface area (Å²) in [5.41, 5.74) is 12.2. The van der Waals surface area contributed by atoms with E-state index < -0.39 is 0 Å². The van der Waals surface area contributed by atoms with Gasteiger partial charge in [0.1, 0.15) is 0 Å². The summed E-state index contributed by atoms with van der Waals surface area (Å²) in [5, 5.41) is 4.93. The first kappa shape index (κ1) is 30.4. The highest BCUT2D eigenvalue weighted by molar-refractivity contribution is 7.25. The number of hydrogen-bond acceptors (Lipinski definition) is 3. The number of nitrogens with zero attached hydrogens (tertiary/aromatic N) is 2. The third kappa shape index (κ3) is 5.26. The lowest BCUT2D eigenvalue weighted by Gasteiger charge is -2.17. The Hall–Kier alpha value is -6.42. The average Bonchev–Trinajstić information content (AvgIpc) is 3.40. The second kappa shape index (κ2) is 12.7. The summed E-state index contributed by atoms with van der Waals surface area (Å²) in [6, 6.07) is 56.4. The molecule has 0 amide bonds. The molecule has 2 aromatic heterocycles. The van der Waals surface area contributed by atoms with Crippen LogP contribution in [0.2, 0.25) is 0 Å². The van der Waals surface area contributed by atoms with Crippen LogP contribution in [0.4, 0.5) is 0 Å². The molecule has 0 spiro atoms. The number of aromatic nitrogens is 2. The standard InChI is InChI=1S/C49H32N2S/c1-4-14-32(15-5-1)35-25-27-41(39-19-9-3-8-18-37(35)39)46-31-45(33-16-6-2-7-17-33)50-49(51-46)43-28-26-36(38-20-10-11-21-40(38)43)34-24-29-48-44(30-34)42-22-12-13-23-47(42)52-48/h1-2,4-31H,3H2. The molecule has 0 radical (unpaired) electrons. The van der Waals surface area contributed by atoms with Crippen molar-refractivity contribution in [1.82, 2.24) is 9.97 Å². The largest absolute Gasteiger partial charge is 0.228 e. The molecule has 1 aliphatic rings. The van der Waals surface area contributed by atoms with Crippen LogP contribution >= 0.6 is 11.3 Å². The van der Waals surface area contributed by atoms with Gasteiger partial charge in [0.15, 0.2) is 5.82 Å². The molecule has 7 aromatic carbocycles. The molecule has 0 unspecified atom stereocenters. The first-order chi connectivity index (χ1) is 25.8. The number of rotatable bonds is 5. The summed E-state index contributed by atoms with van der Waals surface area (Å²) in [6.07, 6.45) is 9.90. The zero-order valence-corrected chi connectivity index (χ0v) is 29.1. The van der Waals surface area contributed by atoms with Crippen LogP contribution in [-0.4, -0.2) is 9.97 Å². The molecule has 0 saturated carbocycles. The predicted octanol–water partition coefficient (Wildman–Crippen LogP) is 13.8. The smallest absolute Gasteiger partial charge is 0.161 e. The van der Waals surface area contributed by atoms with E-state index in [1.165, 1.54) is 58.9 Å². The van der Waals surface area contributed by atoms with Crippen molar-refractivity contribution in [2.24, 2.45) is 0 Å². The molecule has 52 heavy (non-hydrogen) atoms. The van der Waals surface area contributed by atoms with Crippen LogP contribution in [0.1, 0.15) is 17.5 Å². The third-order valence-electron chi connectivity index (χ3n) is 10.1. The highest BCUT2D eigenvalue weighted by Crippen LogP contribution is 2.41. The molecule has 0 N–H and O–H groups in total. The van der Waals surface area contributed by atoms with E-state index in [-0.39, 0.29) is 0 Å². The van der Waals surface area contributed by atoms with Crippen LogP contribution in [0.15, 0.2) is 170 Å². The number of fused-ring (bicyclic) bond motifs is 5. The monoisotopic (exact) mass is 680 g/mol. The zero-order valence-electron chi connectivity index (χ0n) is 28.3. The van der Waals surface area contributed by atoms with Crippen LogP contribution in [0, 0.1) is 0 Å². The Morgan fingerprint density at radius 2 is 0.962 bits per heavy atom. The number of allylic oxidation sites excluding steroid dienone is 2. The highest BCUT2D eigenvalue weighted by atomic mass is 32.1. The minimum absolute atomic E-state index is 0.715. The molecule has 0 aliphatic heterocycles. The maximum Gasteiger partial charge on any atom is 0.161 e. The second-order valence-corrected chi connectivity index (χ2v) is 14.3. The summed E-state index contributed by atoms with van der Waals surface area (Å²) < 4.78 is 2.63. The van der Waals surface area contributed by atoms with Gasteiger partial charge in [-0.2, -0.15) is 0 Å². The lowest BCUT2D eigenvalue weighted by atomic mass is 9.90. The summed E-state index contributed by atoms with van der Waals surface area (Å²) >= 11 is 1.85. The van der Waals surface area contributed by atoms with Crippen molar-refractivity contribution in [1.29, 1.82) is 0 Å². The van der Waals surface area contributed by atoms with Crippen molar-refractivity contribution in [3.05, 3.63) is 181 Å². The summed E-state index contributed by atoms with van der Waals surface area (Å²) in [4.78, 5) is 10.7. The topological polar surface area (TPSA) is 25.8 Å². The summed E-state index contributed by atoms with van der Waals surface area (Å²) in [6.45, 7) is 0. The lowest BCUT2D eigenvalue weighted by Crippen LogP contribution is -1.99. The van der Waals surface area contributed by atoms with Crippen molar-refractivity contribution in [3.63, 3.8) is 0 Å². The molecule has 244 valence electrons. The summed E-state index contributed by atoms with van der Waals surface area (Å²) in [5.74, 6) is 0.715. The van der Waals surface area contributed by atoms with Crippen LogP contribution in [-0.2, 0) is 0 Å². The molecule has 3 heteroatoms. The molecule has 0 saturated heterocycles. The van der Waals surface area contributed by atoms with Crippen molar-refractivity contribution in [2.75, 3.05) is 0 Å². The molecular formula is C49H32N2S. The normalized spacial score (nSPS) is 12.4.